The molecule has 6 heteroatoms. The van der Waals surface area contributed by atoms with Crippen LogP contribution in [0.4, 0.5) is 5.82 Å². The maximum atomic E-state index is 12.6. The van der Waals surface area contributed by atoms with E-state index < -0.39 is 0 Å². The molecule has 0 saturated heterocycles. The number of benzene rings is 1. The molecule has 1 aromatic carbocycles. The molecule has 3 rings (SSSR count). The van der Waals surface area contributed by atoms with E-state index in [0.717, 1.165) is 30.5 Å². The van der Waals surface area contributed by atoms with Crippen LogP contribution in [0.5, 0.6) is 0 Å². The average Bonchev–Trinajstić information content (AvgIpc) is 2.65. The van der Waals surface area contributed by atoms with Gasteiger partial charge in [0.25, 0.3) is 5.91 Å². The lowest BCUT2D eigenvalue weighted by Gasteiger charge is -2.28. The summed E-state index contributed by atoms with van der Waals surface area (Å²) in [5.41, 5.74) is 5.59. The van der Waals surface area contributed by atoms with Crippen molar-refractivity contribution in [1.82, 2.24) is 15.1 Å². The van der Waals surface area contributed by atoms with Gasteiger partial charge < -0.3 is 4.90 Å². The highest BCUT2D eigenvalue weighted by atomic mass is 16.2. The Morgan fingerprint density at radius 3 is 2.96 bits per heavy atom. The topological polar surface area (TPSA) is 70.5 Å². The van der Waals surface area contributed by atoms with Crippen LogP contribution in [-0.4, -0.2) is 33.8 Å². The predicted octanol–water partition coefficient (Wildman–Crippen LogP) is 2.87. The van der Waals surface area contributed by atoms with Crippen molar-refractivity contribution in [2.75, 3.05) is 12.0 Å². The van der Waals surface area contributed by atoms with Crippen molar-refractivity contribution in [1.29, 1.82) is 0 Å². The number of hydrogen-bond donors (Lipinski definition) is 1. The average molecular weight is 323 g/mol. The van der Waals surface area contributed by atoms with E-state index in [2.05, 4.69) is 27.6 Å². The smallest absolute Gasteiger partial charge is 0.254 e. The summed E-state index contributed by atoms with van der Waals surface area (Å²) in [5, 5.41) is 12.5. The molecule has 0 aliphatic carbocycles. The molecule has 0 atom stereocenters. The van der Waals surface area contributed by atoms with Gasteiger partial charge in [-0.05, 0) is 30.2 Å². The number of hydrogen-bond acceptors (Lipinski definition) is 5. The first-order valence-electron chi connectivity index (χ1n) is 8.25. The summed E-state index contributed by atoms with van der Waals surface area (Å²) >= 11 is 0. The molecular weight excluding hydrogens is 302 g/mol. The first-order chi connectivity index (χ1) is 11.8. The molecule has 0 radical (unpaired) electrons. The molecule has 24 heavy (non-hydrogen) atoms. The van der Waals surface area contributed by atoms with Crippen molar-refractivity contribution < 1.29 is 4.79 Å². The van der Waals surface area contributed by atoms with Crippen LogP contribution in [0.3, 0.4) is 0 Å². The fraction of sp³-hybridized carbons (Fsp3) is 0.333. The van der Waals surface area contributed by atoms with Gasteiger partial charge in [0.05, 0.1) is 5.69 Å². The van der Waals surface area contributed by atoms with Crippen LogP contribution >= 0.6 is 0 Å². The largest absolute Gasteiger partial charge is 0.334 e. The number of carbonyl (C=O) groups excluding carboxylic acids is 1. The van der Waals surface area contributed by atoms with Gasteiger partial charge in [0.15, 0.2) is 5.82 Å². The zero-order chi connectivity index (χ0) is 16.8. The standard InChI is InChI=1S/C18H21N5O/c1-2-3-10-19-21-17-12-15-13-23(11-9-16(15)20-22-17)18(24)14-7-5-4-6-8-14/h4-8,10,12H,2-3,9,11,13H2,1H3,(H,21,22)/b19-10-. The molecule has 1 aliphatic rings. The van der Waals surface area contributed by atoms with Crippen LogP contribution in [0.25, 0.3) is 0 Å². The molecule has 0 fully saturated rings. The summed E-state index contributed by atoms with van der Waals surface area (Å²) in [7, 11) is 0. The molecular formula is C18H21N5O. The molecule has 1 amide bonds. The minimum Gasteiger partial charge on any atom is -0.334 e. The molecule has 2 heterocycles. The zero-order valence-electron chi connectivity index (χ0n) is 13.8. The van der Waals surface area contributed by atoms with Crippen LogP contribution in [0.1, 0.15) is 41.4 Å². The summed E-state index contributed by atoms with van der Waals surface area (Å²) in [4.78, 5) is 14.4. The summed E-state index contributed by atoms with van der Waals surface area (Å²) in [6.07, 6.45) is 4.52. The maximum absolute atomic E-state index is 12.6. The maximum Gasteiger partial charge on any atom is 0.254 e. The third kappa shape index (κ3) is 3.76. The Kier molecular flexibility index (Phi) is 5.15. The molecule has 0 saturated carbocycles. The van der Waals surface area contributed by atoms with E-state index in [-0.39, 0.29) is 5.91 Å². The number of carbonyl (C=O) groups is 1. The Hall–Kier alpha value is -2.76. The van der Waals surface area contributed by atoms with Crippen LogP contribution < -0.4 is 5.43 Å². The Labute approximate surface area is 141 Å². The van der Waals surface area contributed by atoms with Gasteiger partial charge in [-0.3, -0.25) is 10.2 Å². The van der Waals surface area contributed by atoms with E-state index >= 15 is 0 Å². The highest BCUT2D eigenvalue weighted by molar-refractivity contribution is 5.94. The minimum absolute atomic E-state index is 0.0496. The van der Waals surface area contributed by atoms with Crippen molar-refractivity contribution in [3.63, 3.8) is 0 Å². The Morgan fingerprint density at radius 1 is 1.33 bits per heavy atom. The van der Waals surface area contributed by atoms with Gasteiger partial charge in [-0.2, -0.15) is 10.2 Å². The highest BCUT2D eigenvalue weighted by Gasteiger charge is 2.23. The third-order valence-corrected chi connectivity index (χ3v) is 3.94. The second-order valence-corrected chi connectivity index (χ2v) is 5.76. The van der Waals surface area contributed by atoms with E-state index in [1.54, 1.807) is 0 Å². The third-order valence-electron chi connectivity index (χ3n) is 3.94. The van der Waals surface area contributed by atoms with E-state index in [0.29, 0.717) is 24.5 Å². The monoisotopic (exact) mass is 323 g/mol. The van der Waals surface area contributed by atoms with Crippen LogP contribution in [0.15, 0.2) is 41.5 Å². The van der Waals surface area contributed by atoms with Gasteiger partial charge in [-0.1, -0.05) is 31.5 Å². The zero-order valence-corrected chi connectivity index (χ0v) is 13.8. The molecule has 1 aliphatic heterocycles. The van der Waals surface area contributed by atoms with Crippen LogP contribution in [0.2, 0.25) is 0 Å². The first-order valence-corrected chi connectivity index (χ1v) is 8.25. The molecule has 124 valence electrons. The van der Waals surface area contributed by atoms with Gasteiger partial charge in [-0.15, -0.1) is 5.10 Å². The molecule has 1 aromatic heterocycles. The van der Waals surface area contributed by atoms with E-state index in [9.17, 15) is 4.79 Å². The van der Waals surface area contributed by atoms with E-state index in [4.69, 9.17) is 0 Å². The van der Waals surface area contributed by atoms with Crippen molar-refractivity contribution in [3.8, 4) is 0 Å². The van der Waals surface area contributed by atoms with Gasteiger partial charge in [0.2, 0.25) is 0 Å². The van der Waals surface area contributed by atoms with Crippen molar-refractivity contribution in [2.45, 2.75) is 32.7 Å². The lowest BCUT2D eigenvalue weighted by molar-refractivity contribution is 0.0733. The Morgan fingerprint density at radius 2 is 2.17 bits per heavy atom. The summed E-state index contributed by atoms with van der Waals surface area (Å²) in [6, 6.07) is 11.3. The summed E-state index contributed by atoms with van der Waals surface area (Å²) in [6.45, 7) is 3.31. The summed E-state index contributed by atoms with van der Waals surface area (Å²) < 4.78 is 0. The van der Waals surface area contributed by atoms with E-state index in [1.807, 2.05) is 47.5 Å². The van der Waals surface area contributed by atoms with Crippen molar-refractivity contribution in [3.05, 3.63) is 53.2 Å². The number of nitrogens with zero attached hydrogens (tertiary/aromatic N) is 4. The molecule has 6 nitrogen and oxygen atoms in total. The fourth-order valence-corrected chi connectivity index (χ4v) is 2.63. The van der Waals surface area contributed by atoms with Gasteiger partial charge in [-0.25, -0.2) is 0 Å². The van der Waals surface area contributed by atoms with Gasteiger partial charge in [0.1, 0.15) is 0 Å². The molecule has 0 bridgehead atoms. The van der Waals surface area contributed by atoms with Crippen LogP contribution in [-0.2, 0) is 13.0 Å². The second-order valence-electron chi connectivity index (χ2n) is 5.76. The fourth-order valence-electron chi connectivity index (χ4n) is 2.63. The normalized spacial score (nSPS) is 13.8. The van der Waals surface area contributed by atoms with Crippen molar-refractivity contribution in [2.24, 2.45) is 5.10 Å². The second kappa shape index (κ2) is 7.68. The predicted molar refractivity (Wildman–Crippen MR) is 93.9 cm³/mol. The number of fused-ring (bicyclic) bond motifs is 1. The molecule has 0 spiro atoms. The first kappa shape index (κ1) is 16.1. The number of anilines is 1. The highest BCUT2D eigenvalue weighted by Crippen LogP contribution is 2.20. The van der Waals surface area contributed by atoms with Crippen LogP contribution in [0, 0.1) is 0 Å². The molecule has 0 unspecified atom stereocenters. The van der Waals surface area contributed by atoms with E-state index in [1.165, 1.54) is 0 Å². The number of aromatic nitrogens is 2. The van der Waals surface area contributed by atoms with Crippen molar-refractivity contribution >= 4 is 17.9 Å². The lowest BCUT2D eigenvalue weighted by Crippen LogP contribution is -2.36. The molecule has 2 aromatic rings. The number of nitrogens with one attached hydrogen (secondary N) is 1. The number of unbranched alkanes of at least 4 members (excludes halogenated alkanes) is 1. The number of amides is 1. The minimum atomic E-state index is 0.0496. The Balaban J connectivity index is 1.71. The lowest BCUT2D eigenvalue weighted by atomic mass is 10.1. The number of hydrazone groups is 1. The SMILES string of the molecule is CCC/C=N\Nc1cc2c(nn1)CCN(C(=O)c1ccccc1)C2. The number of rotatable bonds is 5. The van der Waals surface area contributed by atoms with Gasteiger partial charge in [0, 0.05) is 31.3 Å². The quantitative estimate of drug-likeness (QED) is 0.678. The van der Waals surface area contributed by atoms with Gasteiger partial charge >= 0.3 is 0 Å². The molecule has 1 N–H and O–H groups in total. The summed E-state index contributed by atoms with van der Waals surface area (Å²) in [5.74, 6) is 0.656. The Bertz CT molecular complexity index is 729.